The number of furan rings is 1. The molecule has 0 saturated carbocycles. The van der Waals surface area contributed by atoms with E-state index in [0.717, 1.165) is 26.5 Å². The molecule has 2 heterocycles. The van der Waals surface area contributed by atoms with Crippen molar-refractivity contribution >= 4 is 34.1 Å². The predicted molar refractivity (Wildman–Crippen MR) is 72.1 cm³/mol. The number of hydrogen-bond acceptors (Lipinski definition) is 4. The summed E-state index contributed by atoms with van der Waals surface area (Å²) in [6.45, 7) is 1.92. The molecule has 0 aliphatic carbocycles. The number of rotatable bonds is 2. The number of aryl methyl sites for hydroxylation is 1. The van der Waals surface area contributed by atoms with Crippen molar-refractivity contribution in [1.29, 1.82) is 0 Å². The van der Waals surface area contributed by atoms with Gasteiger partial charge in [0.25, 0.3) is 0 Å². The van der Waals surface area contributed by atoms with Crippen molar-refractivity contribution < 1.29 is 4.42 Å². The highest BCUT2D eigenvalue weighted by atomic mass is 35.5. The Hall–Kier alpha value is -1.52. The number of aromatic nitrogens is 2. The Labute approximate surface area is 113 Å². The van der Waals surface area contributed by atoms with Crippen molar-refractivity contribution in [2.45, 2.75) is 16.8 Å². The lowest BCUT2D eigenvalue weighted by Gasteiger charge is -2.04. The third-order valence-corrected chi connectivity index (χ3v) is 4.04. The molecular weight excluding hydrogens is 268 g/mol. The summed E-state index contributed by atoms with van der Waals surface area (Å²) in [7, 11) is 0. The molecule has 2 aromatic heterocycles. The molecule has 3 aromatic rings. The summed E-state index contributed by atoms with van der Waals surface area (Å²) in [4.78, 5) is 1.04. The van der Waals surface area contributed by atoms with Crippen LogP contribution in [0.4, 0.5) is 0 Å². The molecule has 18 heavy (non-hydrogen) atoms. The fourth-order valence-electron chi connectivity index (χ4n) is 1.71. The van der Waals surface area contributed by atoms with E-state index in [9.17, 15) is 0 Å². The Balaban J connectivity index is 2.13. The van der Waals surface area contributed by atoms with Crippen LogP contribution >= 0.6 is 23.4 Å². The monoisotopic (exact) mass is 276 g/mol. The fraction of sp³-hybridized carbons (Fsp3) is 0.0769. The third-order valence-electron chi connectivity index (χ3n) is 2.63. The largest absolute Gasteiger partial charge is 0.468 e. The Bertz CT molecular complexity index is 711. The SMILES string of the molecule is Cc1occc1Sc1nnc(Cl)c2ccccc12. The lowest BCUT2D eigenvalue weighted by molar-refractivity contribution is 0.527. The highest BCUT2D eigenvalue weighted by Gasteiger charge is 2.11. The van der Waals surface area contributed by atoms with Gasteiger partial charge in [-0.3, -0.25) is 0 Å². The molecule has 0 bridgehead atoms. The normalized spacial score (nSPS) is 11.0. The number of halogens is 1. The Morgan fingerprint density at radius 1 is 1.11 bits per heavy atom. The van der Waals surface area contributed by atoms with Gasteiger partial charge in [-0.2, -0.15) is 0 Å². The number of nitrogens with zero attached hydrogens (tertiary/aromatic N) is 2. The average molecular weight is 277 g/mol. The summed E-state index contributed by atoms with van der Waals surface area (Å²) in [5.41, 5.74) is 0. The van der Waals surface area contributed by atoms with Crippen LogP contribution in [0.3, 0.4) is 0 Å². The molecule has 1 aromatic carbocycles. The lowest BCUT2D eigenvalue weighted by atomic mass is 10.2. The molecule has 3 nitrogen and oxygen atoms in total. The van der Waals surface area contributed by atoms with Crippen LogP contribution in [0.2, 0.25) is 5.15 Å². The molecule has 5 heteroatoms. The van der Waals surface area contributed by atoms with Crippen molar-refractivity contribution in [3.05, 3.63) is 47.5 Å². The Morgan fingerprint density at radius 3 is 2.61 bits per heavy atom. The fourth-order valence-corrected chi connectivity index (χ4v) is 2.80. The van der Waals surface area contributed by atoms with Gasteiger partial charge in [0.2, 0.25) is 0 Å². The van der Waals surface area contributed by atoms with Crippen LogP contribution in [0.5, 0.6) is 0 Å². The third kappa shape index (κ3) is 1.98. The molecule has 0 spiro atoms. The van der Waals surface area contributed by atoms with Crippen LogP contribution in [-0.4, -0.2) is 10.2 Å². The maximum Gasteiger partial charge on any atom is 0.159 e. The van der Waals surface area contributed by atoms with Crippen molar-refractivity contribution in [1.82, 2.24) is 10.2 Å². The summed E-state index contributed by atoms with van der Waals surface area (Å²) in [6, 6.07) is 9.76. The van der Waals surface area contributed by atoms with Gasteiger partial charge in [-0.25, -0.2) is 0 Å². The lowest BCUT2D eigenvalue weighted by Crippen LogP contribution is -1.89. The molecule has 0 unspecified atom stereocenters. The maximum atomic E-state index is 6.04. The predicted octanol–water partition coefficient (Wildman–Crippen LogP) is 4.34. The first kappa shape index (κ1) is 11.6. The minimum Gasteiger partial charge on any atom is -0.468 e. The zero-order chi connectivity index (χ0) is 12.5. The molecule has 0 saturated heterocycles. The summed E-state index contributed by atoms with van der Waals surface area (Å²) >= 11 is 7.57. The molecule has 0 fully saturated rings. The maximum absolute atomic E-state index is 6.04. The summed E-state index contributed by atoms with van der Waals surface area (Å²) in [6.07, 6.45) is 1.67. The van der Waals surface area contributed by atoms with Crippen LogP contribution < -0.4 is 0 Å². The average Bonchev–Trinajstić information content (AvgIpc) is 2.79. The molecule has 0 aliphatic heterocycles. The first-order valence-corrected chi connectivity index (χ1v) is 6.58. The second-order valence-corrected chi connectivity index (χ2v) is 5.17. The van der Waals surface area contributed by atoms with E-state index in [-0.39, 0.29) is 0 Å². The smallest absolute Gasteiger partial charge is 0.159 e. The van der Waals surface area contributed by atoms with Crippen LogP contribution in [0.25, 0.3) is 10.8 Å². The van der Waals surface area contributed by atoms with E-state index in [1.54, 1.807) is 6.26 Å². The standard InChI is InChI=1S/C13H9ClN2OS/c1-8-11(6-7-17-8)18-13-10-5-3-2-4-9(10)12(14)15-16-13/h2-7H,1H3. The zero-order valence-corrected chi connectivity index (χ0v) is 11.1. The topological polar surface area (TPSA) is 38.9 Å². The van der Waals surface area contributed by atoms with Gasteiger partial charge in [0, 0.05) is 10.8 Å². The van der Waals surface area contributed by atoms with Gasteiger partial charge in [0.1, 0.15) is 10.8 Å². The van der Waals surface area contributed by atoms with Crippen molar-refractivity contribution in [3.63, 3.8) is 0 Å². The summed E-state index contributed by atoms with van der Waals surface area (Å²) < 4.78 is 5.28. The van der Waals surface area contributed by atoms with E-state index in [4.69, 9.17) is 16.0 Å². The van der Waals surface area contributed by atoms with Gasteiger partial charge in [-0.05, 0) is 13.0 Å². The highest BCUT2D eigenvalue weighted by molar-refractivity contribution is 7.99. The summed E-state index contributed by atoms with van der Waals surface area (Å²) in [5, 5.41) is 11.3. The Kier molecular flexibility index (Phi) is 2.97. The van der Waals surface area contributed by atoms with Crippen LogP contribution in [0.1, 0.15) is 5.76 Å². The van der Waals surface area contributed by atoms with E-state index >= 15 is 0 Å². The van der Waals surface area contributed by atoms with Gasteiger partial charge < -0.3 is 4.42 Å². The van der Waals surface area contributed by atoms with Crippen molar-refractivity contribution in [3.8, 4) is 0 Å². The number of fused-ring (bicyclic) bond motifs is 1. The first-order chi connectivity index (χ1) is 8.75. The second kappa shape index (κ2) is 4.63. The van der Waals surface area contributed by atoms with Crippen molar-refractivity contribution in [2.24, 2.45) is 0 Å². The summed E-state index contributed by atoms with van der Waals surface area (Å²) in [5.74, 6) is 0.876. The molecule has 0 aliphatic rings. The minimum atomic E-state index is 0.430. The van der Waals surface area contributed by atoms with Gasteiger partial charge in [0.15, 0.2) is 5.15 Å². The first-order valence-electron chi connectivity index (χ1n) is 5.38. The quantitative estimate of drug-likeness (QED) is 0.698. The number of hydrogen-bond donors (Lipinski definition) is 0. The van der Waals surface area contributed by atoms with Crippen LogP contribution in [-0.2, 0) is 0 Å². The Morgan fingerprint density at radius 2 is 1.89 bits per heavy atom. The number of benzene rings is 1. The van der Waals surface area contributed by atoms with Gasteiger partial charge in [-0.15, -0.1) is 10.2 Å². The van der Waals surface area contributed by atoms with Gasteiger partial charge in [0.05, 0.1) is 11.2 Å². The van der Waals surface area contributed by atoms with Gasteiger partial charge >= 0.3 is 0 Å². The second-order valence-electron chi connectivity index (χ2n) is 3.78. The van der Waals surface area contributed by atoms with E-state index in [1.807, 2.05) is 37.3 Å². The van der Waals surface area contributed by atoms with Crippen LogP contribution in [0.15, 0.2) is 50.9 Å². The minimum absolute atomic E-state index is 0.430. The van der Waals surface area contributed by atoms with E-state index in [2.05, 4.69) is 10.2 Å². The van der Waals surface area contributed by atoms with Crippen molar-refractivity contribution in [2.75, 3.05) is 0 Å². The molecule has 0 radical (unpaired) electrons. The van der Waals surface area contributed by atoms with E-state index in [1.165, 1.54) is 11.8 Å². The van der Waals surface area contributed by atoms with Crippen LogP contribution in [0, 0.1) is 6.92 Å². The highest BCUT2D eigenvalue weighted by Crippen LogP contribution is 2.35. The molecule has 3 rings (SSSR count). The van der Waals surface area contributed by atoms with Gasteiger partial charge in [-0.1, -0.05) is 47.6 Å². The molecule has 0 N–H and O–H groups in total. The molecular formula is C13H9ClN2OS. The van der Waals surface area contributed by atoms with E-state index < -0.39 is 0 Å². The zero-order valence-electron chi connectivity index (χ0n) is 9.55. The van der Waals surface area contributed by atoms with E-state index in [0.29, 0.717) is 5.15 Å². The molecule has 0 atom stereocenters. The molecule has 90 valence electrons. The molecule has 0 amide bonds.